The number of hydrogen-bond donors (Lipinski definition) is 5. The van der Waals surface area contributed by atoms with Crippen molar-refractivity contribution in [2.24, 2.45) is 0 Å². The van der Waals surface area contributed by atoms with E-state index in [1.807, 2.05) is 6.07 Å². The van der Waals surface area contributed by atoms with Crippen molar-refractivity contribution in [3.05, 3.63) is 70.3 Å². The first-order chi connectivity index (χ1) is 19.4. The summed E-state index contributed by atoms with van der Waals surface area (Å²) in [5.74, 6) is -0.389. The highest BCUT2D eigenvalue weighted by atomic mass is 19.1. The van der Waals surface area contributed by atoms with Crippen molar-refractivity contribution in [3.63, 3.8) is 0 Å². The Bertz CT molecular complexity index is 1470. The van der Waals surface area contributed by atoms with E-state index in [-0.39, 0.29) is 23.3 Å². The maximum atomic E-state index is 15.1. The van der Waals surface area contributed by atoms with Gasteiger partial charge in [-0.25, -0.2) is 4.39 Å². The zero-order valence-corrected chi connectivity index (χ0v) is 22.1. The second kappa shape index (κ2) is 11.8. The Morgan fingerprint density at radius 1 is 1.30 bits per heavy atom. The minimum atomic E-state index is -0.511. The van der Waals surface area contributed by atoms with Gasteiger partial charge in [0.2, 0.25) is 11.9 Å². The Labute approximate surface area is 230 Å². The smallest absolute Gasteiger partial charge is 0.261 e. The van der Waals surface area contributed by atoms with E-state index in [2.05, 4.69) is 25.6 Å². The van der Waals surface area contributed by atoms with Gasteiger partial charge in [0.05, 0.1) is 30.2 Å². The summed E-state index contributed by atoms with van der Waals surface area (Å²) in [5.41, 5.74) is 9.38. The number of hydrogen-bond acceptors (Lipinski definition) is 10. The first kappa shape index (κ1) is 27.2. The van der Waals surface area contributed by atoms with Gasteiger partial charge in [-0.2, -0.15) is 15.0 Å². The molecule has 1 aromatic heterocycles. The summed E-state index contributed by atoms with van der Waals surface area (Å²) in [6, 6.07) is 8.57. The van der Waals surface area contributed by atoms with Gasteiger partial charge in [0.1, 0.15) is 5.82 Å². The highest BCUT2D eigenvalue weighted by molar-refractivity contribution is 6.09. The largest absolute Gasteiger partial charge is 0.392 e. The number of aliphatic hydroxyl groups excluding tert-OH is 1. The van der Waals surface area contributed by atoms with Crippen molar-refractivity contribution in [1.29, 1.82) is 5.41 Å². The second-order valence-electron chi connectivity index (χ2n) is 9.64. The third-order valence-corrected chi connectivity index (χ3v) is 6.92. The van der Waals surface area contributed by atoms with Crippen LogP contribution in [0.4, 0.5) is 22.0 Å². The molecule has 1 fully saturated rings. The zero-order valence-electron chi connectivity index (χ0n) is 22.1. The van der Waals surface area contributed by atoms with Gasteiger partial charge in [-0.05, 0) is 48.4 Å². The number of nitrogens with two attached hydrogens (primary N) is 1. The van der Waals surface area contributed by atoms with Gasteiger partial charge in [-0.15, -0.1) is 0 Å². The third-order valence-electron chi connectivity index (χ3n) is 6.92. The molecule has 3 aromatic rings. The SMILES string of the molecule is COCCN/C=C(\C=N)Nc1nc(N)nc(-c2cccc(N3CCc4cc(C5CC5)cc(F)c4C3=O)c2CO)n1. The lowest BCUT2D eigenvalue weighted by Crippen LogP contribution is -2.39. The fourth-order valence-corrected chi connectivity index (χ4v) is 4.83. The van der Waals surface area contributed by atoms with Crippen molar-refractivity contribution in [2.75, 3.05) is 42.8 Å². The predicted octanol–water partition coefficient (Wildman–Crippen LogP) is 2.97. The summed E-state index contributed by atoms with van der Waals surface area (Å²) in [6.45, 7) is 0.947. The molecule has 2 heterocycles. The summed E-state index contributed by atoms with van der Waals surface area (Å²) < 4.78 is 20.1. The van der Waals surface area contributed by atoms with Gasteiger partial charge >= 0.3 is 0 Å². The molecule has 0 saturated heterocycles. The molecule has 0 spiro atoms. The summed E-state index contributed by atoms with van der Waals surface area (Å²) in [7, 11) is 1.59. The van der Waals surface area contributed by atoms with Crippen molar-refractivity contribution in [2.45, 2.75) is 31.8 Å². The fourth-order valence-electron chi connectivity index (χ4n) is 4.83. The maximum absolute atomic E-state index is 15.1. The number of halogens is 1. The lowest BCUT2D eigenvalue weighted by molar-refractivity contribution is 0.0976. The van der Waals surface area contributed by atoms with E-state index in [9.17, 15) is 9.90 Å². The minimum absolute atomic E-state index is 0.0741. The third kappa shape index (κ3) is 5.63. The molecule has 1 amide bonds. The van der Waals surface area contributed by atoms with Crippen LogP contribution < -0.4 is 21.3 Å². The summed E-state index contributed by atoms with van der Waals surface area (Å²) >= 11 is 0. The number of fused-ring (bicyclic) bond motifs is 1. The number of nitrogen functional groups attached to an aromatic ring is 1. The van der Waals surface area contributed by atoms with E-state index in [0.29, 0.717) is 54.5 Å². The first-order valence-electron chi connectivity index (χ1n) is 13.0. The van der Waals surface area contributed by atoms with Crippen LogP contribution in [-0.2, 0) is 17.8 Å². The number of allylic oxidation sites excluding steroid dienone is 1. The highest BCUT2D eigenvalue weighted by Gasteiger charge is 2.33. The molecule has 0 bridgehead atoms. The summed E-state index contributed by atoms with van der Waals surface area (Å²) in [4.78, 5) is 27.8. The van der Waals surface area contributed by atoms with E-state index in [0.717, 1.165) is 30.2 Å². The molecular formula is C28H31FN8O3. The average molecular weight is 547 g/mol. The van der Waals surface area contributed by atoms with Crippen molar-refractivity contribution in [1.82, 2.24) is 20.3 Å². The van der Waals surface area contributed by atoms with Crippen LogP contribution in [0.25, 0.3) is 11.4 Å². The van der Waals surface area contributed by atoms with Crippen LogP contribution in [0.2, 0.25) is 0 Å². The number of anilines is 3. The number of aromatic nitrogens is 3. The number of aliphatic hydroxyl groups is 1. The lowest BCUT2D eigenvalue weighted by Gasteiger charge is -2.31. The van der Waals surface area contributed by atoms with Crippen LogP contribution in [0.3, 0.4) is 0 Å². The quantitative estimate of drug-likeness (QED) is 0.180. The second-order valence-corrected chi connectivity index (χ2v) is 9.64. The number of nitrogens with one attached hydrogen (secondary N) is 3. The van der Waals surface area contributed by atoms with Crippen molar-refractivity contribution < 1.29 is 19.0 Å². The number of methoxy groups -OCH3 is 1. The van der Waals surface area contributed by atoms with Crippen LogP contribution in [0.1, 0.15) is 45.8 Å². The summed E-state index contributed by atoms with van der Waals surface area (Å²) in [5, 5.41) is 24.0. The Hall–Kier alpha value is -4.42. The van der Waals surface area contributed by atoms with Gasteiger partial charge in [0.25, 0.3) is 5.91 Å². The van der Waals surface area contributed by atoms with Crippen molar-refractivity contribution in [3.8, 4) is 11.4 Å². The molecule has 1 aliphatic heterocycles. The Balaban J connectivity index is 1.46. The maximum Gasteiger partial charge on any atom is 0.261 e. The fraction of sp³-hybridized carbons (Fsp3) is 0.321. The molecule has 11 nitrogen and oxygen atoms in total. The molecule has 1 aliphatic carbocycles. The molecule has 5 rings (SSSR count). The average Bonchev–Trinajstić information content (AvgIpc) is 3.80. The predicted molar refractivity (Wildman–Crippen MR) is 150 cm³/mol. The van der Waals surface area contributed by atoms with Crippen LogP contribution in [0.5, 0.6) is 0 Å². The molecule has 0 unspecified atom stereocenters. The minimum Gasteiger partial charge on any atom is -0.392 e. The Kier molecular flexibility index (Phi) is 7.99. The number of benzene rings is 2. The molecule has 12 heteroatoms. The molecule has 2 aromatic carbocycles. The van der Waals surface area contributed by atoms with Crippen LogP contribution in [-0.4, -0.2) is 59.0 Å². The van der Waals surface area contributed by atoms with Crippen LogP contribution >= 0.6 is 0 Å². The van der Waals surface area contributed by atoms with Gasteiger partial charge in [0.15, 0.2) is 5.82 Å². The van der Waals surface area contributed by atoms with Crippen LogP contribution in [0, 0.1) is 11.2 Å². The van der Waals surface area contributed by atoms with E-state index >= 15 is 4.39 Å². The molecule has 0 atom stereocenters. The Morgan fingerprint density at radius 3 is 2.85 bits per heavy atom. The van der Waals surface area contributed by atoms with E-state index in [4.69, 9.17) is 15.9 Å². The van der Waals surface area contributed by atoms with Crippen LogP contribution in [0.15, 0.2) is 42.2 Å². The summed E-state index contributed by atoms with van der Waals surface area (Å²) in [6.07, 6.45) is 5.27. The molecule has 208 valence electrons. The van der Waals surface area contributed by atoms with E-state index in [1.165, 1.54) is 11.0 Å². The standard InChI is InChI=1S/C28H31FN8O3/c1-40-10-8-32-14-19(13-30)33-28-35-25(34-27(31)36-28)20-3-2-4-23(21(20)15-38)37-9-7-17-11-18(16-5-6-16)12-22(29)24(17)26(37)39/h2-4,11-14,16,30,32,38H,5-10,15H2,1H3,(H3,31,33,34,35,36)/b19-14+,30-13?. The van der Waals surface area contributed by atoms with Gasteiger partial charge in [0, 0.05) is 43.7 Å². The topological polar surface area (TPSA) is 162 Å². The zero-order chi connectivity index (χ0) is 28.2. The number of rotatable bonds is 11. The first-order valence-corrected chi connectivity index (χ1v) is 13.0. The van der Waals surface area contributed by atoms with Gasteiger partial charge < -0.3 is 36.5 Å². The number of nitrogens with zero attached hydrogens (tertiary/aromatic N) is 4. The number of carbonyl (C=O) groups excluding carboxylic acids is 1. The number of carbonyl (C=O) groups is 1. The Morgan fingerprint density at radius 2 is 2.12 bits per heavy atom. The molecule has 40 heavy (non-hydrogen) atoms. The number of amides is 1. The molecule has 2 aliphatic rings. The van der Waals surface area contributed by atoms with E-state index < -0.39 is 18.3 Å². The molecule has 1 saturated carbocycles. The number of ether oxygens (including phenoxy) is 1. The highest BCUT2D eigenvalue weighted by Crippen LogP contribution is 2.42. The van der Waals surface area contributed by atoms with Gasteiger partial charge in [-0.3, -0.25) is 4.79 Å². The van der Waals surface area contributed by atoms with E-state index in [1.54, 1.807) is 31.5 Å². The molecule has 0 radical (unpaired) electrons. The molecule has 6 N–H and O–H groups in total. The van der Waals surface area contributed by atoms with Crippen molar-refractivity contribution >= 4 is 29.7 Å². The normalized spacial score (nSPS) is 15.1. The van der Waals surface area contributed by atoms with Gasteiger partial charge in [-0.1, -0.05) is 18.2 Å². The lowest BCUT2D eigenvalue weighted by atomic mass is 9.93. The monoisotopic (exact) mass is 546 g/mol. The molecular weight excluding hydrogens is 515 g/mol.